The Labute approximate surface area is 104 Å². The molecule has 0 aromatic heterocycles. The molecule has 0 aromatic carbocycles. The second-order valence-corrected chi connectivity index (χ2v) is 5.39. The maximum atomic E-state index is 11.8. The smallest absolute Gasteiger partial charge is 0.221 e. The molecule has 1 aliphatic carbocycles. The summed E-state index contributed by atoms with van der Waals surface area (Å²) in [5.74, 6) is 0.187. The fourth-order valence-corrected chi connectivity index (χ4v) is 2.55. The molecule has 17 heavy (non-hydrogen) atoms. The van der Waals surface area contributed by atoms with Gasteiger partial charge in [-0.2, -0.15) is 0 Å². The summed E-state index contributed by atoms with van der Waals surface area (Å²) < 4.78 is 0. The van der Waals surface area contributed by atoms with Gasteiger partial charge in [-0.3, -0.25) is 9.69 Å². The Bertz CT molecular complexity index is 245. The second kappa shape index (κ2) is 6.36. The van der Waals surface area contributed by atoms with Crippen molar-refractivity contribution < 1.29 is 4.79 Å². The molecule has 1 unspecified atom stereocenters. The number of nitrogens with two attached hydrogens (primary N) is 1. The van der Waals surface area contributed by atoms with Crippen molar-refractivity contribution in [2.24, 2.45) is 5.73 Å². The van der Waals surface area contributed by atoms with Gasteiger partial charge in [0.15, 0.2) is 0 Å². The zero-order valence-electron chi connectivity index (χ0n) is 10.7. The highest BCUT2D eigenvalue weighted by molar-refractivity contribution is 5.77. The van der Waals surface area contributed by atoms with Crippen LogP contribution in [0.2, 0.25) is 0 Å². The third-order valence-electron chi connectivity index (χ3n) is 3.79. The summed E-state index contributed by atoms with van der Waals surface area (Å²) in [4.78, 5) is 14.2. The van der Waals surface area contributed by atoms with Crippen LogP contribution in [-0.2, 0) is 4.79 Å². The number of amides is 1. The quantitative estimate of drug-likeness (QED) is 0.748. The van der Waals surface area contributed by atoms with E-state index in [9.17, 15) is 4.79 Å². The van der Waals surface area contributed by atoms with Crippen molar-refractivity contribution in [1.82, 2.24) is 10.2 Å². The Hall–Kier alpha value is -0.610. The third kappa shape index (κ3) is 4.28. The van der Waals surface area contributed by atoms with E-state index in [4.69, 9.17) is 5.73 Å². The zero-order chi connectivity index (χ0) is 12.1. The topological polar surface area (TPSA) is 58.4 Å². The number of nitrogens with zero attached hydrogens (tertiary/aromatic N) is 1. The van der Waals surface area contributed by atoms with Crippen molar-refractivity contribution in [3.8, 4) is 0 Å². The highest BCUT2D eigenvalue weighted by atomic mass is 16.1. The highest BCUT2D eigenvalue weighted by Gasteiger charge is 2.26. The Kier molecular flexibility index (Phi) is 4.80. The van der Waals surface area contributed by atoms with E-state index in [-0.39, 0.29) is 11.9 Å². The number of carbonyl (C=O) groups excluding carboxylic acids is 1. The maximum absolute atomic E-state index is 11.8. The van der Waals surface area contributed by atoms with Gasteiger partial charge in [0.25, 0.3) is 0 Å². The van der Waals surface area contributed by atoms with Crippen LogP contribution in [0.25, 0.3) is 0 Å². The van der Waals surface area contributed by atoms with Gasteiger partial charge in [0.2, 0.25) is 5.91 Å². The number of hydrogen-bond donors (Lipinski definition) is 2. The first-order valence-corrected chi connectivity index (χ1v) is 7.03. The van der Waals surface area contributed by atoms with Gasteiger partial charge in [0.05, 0.1) is 0 Å². The number of nitrogens with one attached hydrogen (secondary N) is 1. The molecular formula is C13H25N3O. The van der Waals surface area contributed by atoms with Gasteiger partial charge in [0, 0.05) is 25.0 Å². The molecule has 0 aromatic rings. The molecule has 1 heterocycles. The minimum absolute atomic E-state index is 0.187. The average molecular weight is 239 g/mol. The molecule has 4 nitrogen and oxygen atoms in total. The average Bonchev–Trinajstić information content (AvgIpc) is 3.12. The minimum atomic E-state index is 0.187. The molecule has 0 spiro atoms. The van der Waals surface area contributed by atoms with E-state index in [1.807, 2.05) is 0 Å². The molecular weight excluding hydrogens is 214 g/mol. The van der Waals surface area contributed by atoms with Gasteiger partial charge < -0.3 is 11.1 Å². The molecule has 0 radical (unpaired) electrons. The second-order valence-electron chi connectivity index (χ2n) is 5.39. The summed E-state index contributed by atoms with van der Waals surface area (Å²) in [5.41, 5.74) is 5.83. The van der Waals surface area contributed by atoms with E-state index in [1.54, 1.807) is 0 Å². The lowest BCUT2D eigenvalue weighted by Gasteiger charge is -2.29. The van der Waals surface area contributed by atoms with Crippen LogP contribution in [0, 0.1) is 0 Å². The molecule has 1 aliphatic heterocycles. The molecule has 2 fully saturated rings. The number of hydrogen-bond acceptors (Lipinski definition) is 3. The first-order valence-electron chi connectivity index (χ1n) is 7.03. The summed E-state index contributed by atoms with van der Waals surface area (Å²) in [6.07, 6.45) is 8.03. The largest absolute Gasteiger partial charge is 0.353 e. The summed E-state index contributed by atoms with van der Waals surface area (Å²) >= 11 is 0. The van der Waals surface area contributed by atoms with Gasteiger partial charge in [-0.05, 0) is 38.8 Å². The SMILES string of the molecule is NCC(CC(=O)NC1CC1)N1CCCCCC1. The van der Waals surface area contributed by atoms with Crippen LogP contribution in [0.5, 0.6) is 0 Å². The van der Waals surface area contributed by atoms with Crippen LogP contribution in [0.15, 0.2) is 0 Å². The molecule has 2 aliphatic rings. The van der Waals surface area contributed by atoms with E-state index in [1.165, 1.54) is 25.7 Å². The fourth-order valence-electron chi connectivity index (χ4n) is 2.55. The van der Waals surface area contributed by atoms with Crippen LogP contribution in [-0.4, -0.2) is 42.5 Å². The van der Waals surface area contributed by atoms with Gasteiger partial charge in [-0.15, -0.1) is 0 Å². The molecule has 98 valence electrons. The van der Waals surface area contributed by atoms with Gasteiger partial charge >= 0.3 is 0 Å². The third-order valence-corrected chi connectivity index (χ3v) is 3.79. The number of likely N-dealkylation sites (tertiary alicyclic amines) is 1. The fraction of sp³-hybridized carbons (Fsp3) is 0.923. The zero-order valence-corrected chi connectivity index (χ0v) is 10.7. The first-order chi connectivity index (χ1) is 8.29. The lowest BCUT2D eigenvalue weighted by molar-refractivity contribution is -0.122. The van der Waals surface area contributed by atoms with Gasteiger partial charge in [-0.1, -0.05) is 12.8 Å². The normalized spacial score (nSPS) is 24.1. The van der Waals surface area contributed by atoms with Crippen molar-refractivity contribution >= 4 is 5.91 Å². The number of carbonyl (C=O) groups is 1. The van der Waals surface area contributed by atoms with Crippen LogP contribution in [0.1, 0.15) is 44.9 Å². The minimum Gasteiger partial charge on any atom is -0.353 e. The molecule has 0 bridgehead atoms. The maximum Gasteiger partial charge on any atom is 0.221 e. The lowest BCUT2D eigenvalue weighted by Crippen LogP contribution is -2.44. The van der Waals surface area contributed by atoms with E-state index in [0.717, 1.165) is 25.9 Å². The molecule has 3 N–H and O–H groups in total. The van der Waals surface area contributed by atoms with Crippen molar-refractivity contribution in [2.45, 2.75) is 57.0 Å². The van der Waals surface area contributed by atoms with Gasteiger partial charge in [-0.25, -0.2) is 0 Å². The summed E-state index contributed by atoms with van der Waals surface area (Å²) in [5, 5.41) is 3.05. The molecule has 1 atom stereocenters. The number of rotatable bonds is 5. The molecule has 1 amide bonds. The first kappa shape index (κ1) is 12.8. The summed E-state index contributed by atoms with van der Waals surface area (Å²) in [7, 11) is 0. The summed E-state index contributed by atoms with van der Waals surface area (Å²) in [6, 6.07) is 0.705. The summed E-state index contributed by atoms with van der Waals surface area (Å²) in [6.45, 7) is 2.81. The van der Waals surface area contributed by atoms with Gasteiger partial charge in [0.1, 0.15) is 0 Å². The Morgan fingerprint density at radius 3 is 2.41 bits per heavy atom. The monoisotopic (exact) mass is 239 g/mol. The van der Waals surface area contributed by atoms with Crippen molar-refractivity contribution in [2.75, 3.05) is 19.6 Å². The van der Waals surface area contributed by atoms with Crippen LogP contribution in [0.3, 0.4) is 0 Å². The van der Waals surface area contributed by atoms with Crippen molar-refractivity contribution in [1.29, 1.82) is 0 Å². The van der Waals surface area contributed by atoms with Crippen LogP contribution in [0.4, 0.5) is 0 Å². The predicted octanol–water partition coefficient (Wildman–Crippen LogP) is 0.858. The molecule has 2 rings (SSSR count). The van der Waals surface area contributed by atoms with Crippen molar-refractivity contribution in [3.05, 3.63) is 0 Å². The lowest BCUT2D eigenvalue weighted by atomic mass is 10.1. The van der Waals surface area contributed by atoms with Crippen molar-refractivity contribution in [3.63, 3.8) is 0 Å². The van der Waals surface area contributed by atoms with E-state index in [0.29, 0.717) is 19.0 Å². The molecule has 1 saturated heterocycles. The molecule has 4 heteroatoms. The predicted molar refractivity (Wildman–Crippen MR) is 68.7 cm³/mol. The van der Waals surface area contributed by atoms with Crippen LogP contribution < -0.4 is 11.1 Å². The Morgan fingerprint density at radius 2 is 1.88 bits per heavy atom. The van der Waals surface area contributed by atoms with E-state index in [2.05, 4.69) is 10.2 Å². The van der Waals surface area contributed by atoms with E-state index < -0.39 is 0 Å². The standard InChI is InChI=1S/C13H25N3O/c14-10-12(9-13(17)15-11-5-6-11)16-7-3-1-2-4-8-16/h11-12H,1-10,14H2,(H,15,17). The van der Waals surface area contributed by atoms with E-state index >= 15 is 0 Å². The molecule has 1 saturated carbocycles. The van der Waals surface area contributed by atoms with Crippen LogP contribution >= 0.6 is 0 Å². The Morgan fingerprint density at radius 1 is 1.24 bits per heavy atom. The highest BCUT2D eigenvalue weighted by Crippen LogP contribution is 2.19. The Balaban J connectivity index is 1.78.